The van der Waals surface area contributed by atoms with Gasteiger partial charge in [-0.1, -0.05) is 12.1 Å². The summed E-state index contributed by atoms with van der Waals surface area (Å²) in [6.07, 6.45) is 3.93. The molecule has 5 rings (SSSR count). The standard InChI is InChI=1S/C21H17N5O/c27-20(15-7-9-16(10-8-15)25-12-3-4-13-25)24-21-23-18-6-2-1-5-17(18)19-22-11-14-26(19)21/h1-10,12-13,22H,11,14H2. The van der Waals surface area contributed by atoms with Crippen LogP contribution in [0.3, 0.4) is 0 Å². The summed E-state index contributed by atoms with van der Waals surface area (Å²) in [4.78, 5) is 21.6. The summed E-state index contributed by atoms with van der Waals surface area (Å²) in [7, 11) is 0. The lowest BCUT2D eigenvalue weighted by molar-refractivity contribution is 0.0996. The summed E-state index contributed by atoms with van der Waals surface area (Å²) >= 11 is 0. The molecular formula is C21H17N5O. The number of carbonyl (C=O) groups is 1. The predicted molar refractivity (Wildman–Crippen MR) is 104 cm³/mol. The highest BCUT2D eigenvalue weighted by molar-refractivity contribution is 5.95. The fraction of sp³-hybridized carbons (Fsp3) is 0.0952. The van der Waals surface area contributed by atoms with E-state index in [0.29, 0.717) is 11.2 Å². The monoisotopic (exact) mass is 355 g/mol. The van der Waals surface area contributed by atoms with Crippen LogP contribution in [0.4, 0.5) is 5.82 Å². The molecule has 0 bridgehead atoms. The van der Waals surface area contributed by atoms with E-state index in [1.807, 2.05) is 70.1 Å². The first-order valence-electron chi connectivity index (χ1n) is 8.85. The number of fused-ring (bicyclic) bond motifs is 3. The predicted octanol–water partition coefficient (Wildman–Crippen LogP) is 2.99. The number of hydrogen-bond donors (Lipinski definition) is 1. The largest absolute Gasteiger partial charge is 0.369 e. The first-order chi connectivity index (χ1) is 13.3. The third kappa shape index (κ3) is 2.71. The van der Waals surface area contributed by atoms with Gasteiger partial charge in [0.1, 0.15) is 5.82 Å². The van der Waals surface area contributed by atoms with E-state index < -0.39 is 0 Å². The summed E-state index contributed by atoms with van der Waals surface area (Å²) in [5.74, 6) is 0.675. The zero-order valence-corrected chi connectivity index (χ0v) is 14.5. The molecule has 6 heteroatoms. The van der Waals surface area contributed by atoms with Crippen LogP contribution in [0.15, 0.2) is 78.0 Å². The molecule has 0 aliphatic carbocycles. The Morgan fingerprint density at radius 2 is 1.78 bits per heavy atom. The minimum atomic E-state index is -0.293. The van der Waals surface area contributed by atoms with E-state index in [2.05, 4.69) is 15.3 Å². The molecule has 0 fully saturated rings. The van der Waals surface area contributed by atoms with Gasteiger partial charge in [-0.3, -0.25) is 9.36 Å². The lowest BCUT2D eigenvalue weighted by Gasteiger charge is -2.08. The maximum Gasteiger partial charge on any atom is 0.280 e. The second-order valence-corrected chi connectivity index (χ2v) is 6.41. The van der Waals surface area contributed by atoms with Gasteiger partial charge in [-0.25, -0.2) is 4.98 Å². The van der Waals surface area contributed by atoms with Crippen molar-refractivity contribution in [3.05, 3.63) is 84.2 Å². The molecular weight excluding hydrogens is 338 g/mol. The molecule has 132 valence electrons. The quantitative estimate of drug-likeness (QED) is 0.601. The SMILES string of the molecule is O=C(N=c1nc2ccccc2c2n1CCN2)c1ccc(-n2cccc2)cc1. The van der Waals surface area contributed by atoms with Crippen LogP contribution in [0.2, 0.25) is 0 Å². The van der Waals surface area contributed by atoms with Crippen LogP contribution >= 0.6 is 0 Å². The minimum absolute atomic E-state index is 0.293. The van der Waals surface area contributed by atoms with Gasteiger partial charge in [-0.15, -0.1) is 0 Å². The van der Waals surface area contributed by atoms with Crippen molar-refractivity contribution in [3.8, 4) is 5.69 Å². The Hall–Kier alpha value is -3.67. The smallest absolute Gasteiger partial charge is 0.280 e. The topological polar surface area (TPSA) is 64.2 Å². The maximum absolute atomic E-state index is 12.7. The van der Waals surface area contributed by atoms with Crippen LogP contribution in [-0.4, -0.2) is 26.6 Å². The van der Waals surface area contributed by atoms with E-state index in [0.717, 1.165) is 35.5 Å². The third-order valence-electron chi connectivity index (χ3n) is 4.74. The molecule has 0 atom stereocenters. The molecule has 4 aromatic rings. The molecule has 0 spiro atoms. The molecule has 0 saturated carbocycles. The molecule has 0 radical (unpaired) electrons. The van der Waals surface area contributed by atoms with Crippen LogP contribution in [0.5, 0.6) is 0 Å². The van der Waals surface area contributed by atoms with Gasteiger partial charge in [-0.05, 0) is 48.5 Å². The number of para-hydroxylation sites is 1. The number of anilines is 1. The number of aromatic nitrogens is 3. The molecule has 27 heavy (non-hydrogen) atoms. The minimum Gasteiger partial charge on any atom is -0.369 e. The Kier molecular flexibility index (Phi) is 3.60. The van der Waals surface area contributed by atoms with Gasteiger partial charge >= 0.3 is 0 Å². The average Bonchev–Trinajstić information content (AvgIpc) is 3.40. The van der Waals surface area contributed by atoms with Crippen LogP contribution in [0, 0.1) is 0 Å². The molecule has 1 aliphatic rings. The second kappa shape index (κ2) is 6.25. The molecule has 0 saturated heterocycles. The summed E-state index contributed by atoms with van der Waals surface area (Å²) in [5.41, 5.74) is 2.81. The number of nitrogens with zero attached hydrogens (tertiary/aromatic N) is 4. The van der Waals surface area contributed by atoms with E-state index >= 15 is 0 Å². The van der Waals surface area contributed by atoms with Gasteiger partial charge in [0.2, 0.25) is 5.62 Å². The fourth-order valence-electron chi connectivity index (χ4n) is 3.40. The molecule has 0 unspecified atom stereocenters. The second-order valence-electron chi connectivity index (χ2n) is 6.41. The molecule has 1 aliphatic heterocycles. The normalized spacial score (nSPS) is 13.6. The van der Waals surface area contributed by atoms with E-state index in [4.69, 9.17) is 0 Å². The van der Waals surface area contributed by atoms with Gasteiger partial charge in [0.25, 0.3) is 5.91 Å². The van der Waals surface area contributed by atoms with Crippen molar-refractivity contribution < 1.29 is 4.79 Å². The number of rotatable bonds is 2. The Morgan fingerprint density at radius 3 is 2.59 bits per heavy atom. The van der Waals surface area contributed by atoms with E-state index in [9.17, 15) is 4.79 Å². The van der Waals surface area contributed by atoms with Crippen molar-refractivity contribution in [1.82, 2.24) is 14.1 Å². The third-order valence-corrected chi connectivity index (χ3v) is 4.74. The van der Waals surface area contributed by atoms with Crippen molar-refractivity contribution >= 4 is 22.6 Å². The Balaban J connectivity index is 1.56. The van der Waals surface area contributed by atoms with Gasteiger partial charge in [0.05, 0.1) is 5.52 Å². The summed E-state index contributed by atoms with van der Waals surface area (Å²) < 4.78 is 3.96. The summed E-state index contributed by atoms with van der Waals surface area (Å²) in [5, 5.41) is 4.41. The number of benzene rings is 2. The molecule has 2 aromatic heterocycles. The Bertz CT molecular complexity index is 1200. The van der Waals surface area contributed by atoms with Crippen LogP contribution in [0.25, 0.3) is 16.6 Å². The number of amides is 1. The van der Waals surface area contributed by atoms with Gasteiger partial charge in [-0.2, -0.15) is 4.99 Å². The highest BCUT2D eigenvalue weighted by atomic mass is 16.1. The lowest BCUT2D eigenvalue weighted by atomic mass is 10.2. The van der Waals surface area contributed by atoms with Crippen LogP contribution < -0.4 is 10.9 Å². The Morgan fingerprint density at radius 1 is 1.00 bits per heavy atom. The average molecular weight is 355 g/mol. The first kappa shape index (κ1) is 15.6. The van der Waals surface area contributed by atoms with Gasteiger partial charge < -0.3 is 9.88 Å². The summed E-state index contributed by atoms with van der Waals surface area (Å²) in [6, 6.07) is 19.2. The zero-order chi connectivity index (χ0) is 18.2. The van der Waals surface area contributed by atoms with Crippen molar-refractivity contribution in [1.29, 1.82) is 0 Å². The van der Waals surface area contributed by atoms with Crippen molar-refractivity contribution in [3.63, 3.8) is 0 Å². The molecule has 2 aromatic carbocycles. The van der Waals surface area contributed by atoms with E-state index in [1.54, 1.807) is 12.1 Å². The highest BCUT2D eigenvalue weighted by Crippen LogP contribution is 2.22. The van der Waals surface area contributed by atoms with Crippen molar-refractivity contribution in [2.24, 2.45) is 4.99 Å². The highest BCUT2D eigenvalue weighted by Gasteiger charge is 2.15. The van der Waals surface area contributed by atoms with Crippen molar-refractivity contribution in [2.45, 2.75) is 6.54 Å². The van der Waals surface area contributed by atoms with Gasteiger partial charge in [0, 0.05) is 42.1 Å². The number of nitrogens with one attached hydrogen (secondary N) is 1. The first-order valence-corrected chi connectivity index (χ1v) is 8.85. The fourth-order valence-corrected chi connectivity index (χ4v) is 3.40. The summed E-state index contributed by atoms with van der Waals surface area (Å²) in [6.45, 7) is 1.55. The molecule has 1 N–H and O–H groups in total. The Labute approximate surface area is 155 Å². The molecule has 1 amide bonds. The van der Waals surface area contributed by atoms with E-state index in [1.165, 1.54) is 0 Å². The van der Waals surface area contributed by atoms with Gasteiger partial charge in [0.15, 0.2) is 0 Å². The molecule has 3 heterocycles. The van der Waals surface area contributed by atoms with Crippen LogP contribution in [0.1, 0.15) is 10.4 Å². The maximum atomic E-state index is 12.7. The van der Waals surface area contributed by atoms with Crippen molar-refractivity contribution in [2.75, 3.05) is 11.9 Å². The van der Waals surface area contributed by atoms with E-state index in [-0.39, 0.29) is 5.91 Å². The molecule has 6 nitrogen and oxygen atoms in total. The zero-order valence-electron chi connectivity index (χ0n) is 14.5. The number of carbonyl (C=O) groups excluding carboxylic acids is 1. The lowest BCUT2D eigenvalue weighted by Crippen LogP contribution is -2.24. The van der Waals surface area contributed by atoms with Crippen LogP contribution in [-0.2, 0) is 6.54 Å². The number of hydrogen-bond acceptors (Lipinski definition) is 3.